The molecule has 0 spiro atoms. The third-order valence-electron chi connectivity index (χ3n) is 2.33. The number of carbonyl (C=O) groups excluding carboxylic acids is 1. The summed E-state index contributed by atoms with van der Waals surface area (Å²) in [6.45, 7) is 0. The van der Waals surface area contributed by atoms with E-state index >= 15 is 0 Å². The van der Waals surface area contributed by atoms with Gasteiger partial charge in [0.1, 0.15) is 11.4 Å². The molecule has 0 aliphatic heterocycles. The highest BCUT2D eigenvalue weighted by molar-refractivity contribution is 7.11. The quantitative estimate of drug-likeness (QED) is 0.653. The molecule has 0 bridgehead atoms. The standard InChI is InChI=1S/C12H6FNO2S/c13-8-1-2-9-7(5-8)6-10(16-9)11(15)12-14-3-4-17-12/h1-6H. The van der Waals surface area contributed by atoms with Gasteiger partial charge in [0, 0.05) is 17.0 Å². The molecule has 0 aliphatic carbocycles. The number of hydrogen-bond acceptors (Lipinski definition) is 4. The summed E-state index contributed by atoms with van der Waals surface area (Å²) >= 11 is 1.24. The first kappa shape index (κ1) is 10.2. The molecule has 3 rings (SSSR count). The van der Waals surface area contributed by atoms with E-state index in [1.807, 2.05) is 0 Å². The minimum absolute atomic E-state index is 0.181. The van der Waals surface area contributed by atoms with Crippen LogP contribution in [0.15, 0.2) is 40.3 Å². The van der Waals surface area contributed by atoms with E-state index in [1.165, 1.54) is 35.6 Å². The van der Waals surface area contributed by atoms with Crippen LogP contribution < -0.4 is 0 Å². The smallest absolute Gasteiger partial charge is 0.256 e. The van der Waals surface area contributed by atoms with Gasteiger partial charge in [-0.2, -0.15) is 0 Å². The number of carbonyl (C=O) groups is 1. The van der Waals surface area contributed by atoms with Gasteiger partial charge in [-0.1, -0.05) is 0 Å². The average molecular weight is 247 g/mol. The van der Waals surface area contributed by atoms with Crippen molar-refractivity contribution in [1.29, 1.82) is 0 Å². The summed E-state index contributed by atoms with van der Waals surface area (Å²) in [4.78, 5) is 15.8. The van der Waals surface area contributed by atoms with Crippen LogP contribution in [0, 0.1) is 5.82 Å². The summed E-state index contributed by atoms with van der Waals surface area (Å²) in [6, 6.07) is 5.66. The fourth-order valence-electron chi connectivity index (χ4n) is 1.57. The largest absolute Gasteiger partial charge is 0.452 e. The molecule has 0 fully saturated rings. The third kappa shape index (κ3) is 1.74. The Kier molecular flexibility index (Phi) is 2.26. The van der Waals surface area contributed by atoms with Crippen LogP contribution in [0.4, 0.5) is 4.39 Å². The average Bonchev–Trinajstić information content (AvgIpc) is 2.96. The summed E-state index contributed by atoms with van der Waals surface area (Å²) in [6.07, 6.45) is 1.56. The van der Waals surface area contributed by atoms with Gasteiger partial charge in [0.25, 0.3) is 5.78 Å². The molecule has 0 unspecified atom stereocenters. The summed E-state index contributed by atoms with van der Waals surface area (Å²) in [5.74, 6) is -0.455. The van der Waals surface area contributed by atoms with Gasteiger partial charge >= 0.3 is 0 Å². The maximum absolute atomic E-state index is 13.0. The van der Waals surface area contributed by atoms with Crippen molar-refractivity contribution < 1.29 is 13.6 Å². The minimum Gasteiger partial charge on any atom is -0.452 e. The van der Waals surface area contributed by atoms with Gasteiger partial charge < -0.3 is 4.42 Å². The van der Waals surface area contributed by atoms with Crippen molar-refractivity contribution in [2.24, 2.45) is 0 Å². The topological polar surface area (TPSA) is 43.1 Å². The highest BCUT2D eigenvalue weighted by atomic mass is 32.1. The highest BCUT2D eigenvalue weighted by Gasteiger charge is 2.16. The molecular formula is C12H6FNO2S. The summed E-state index contributed by atoms with van der Waals surface area (Å²) in [5, 5.41) is 2.66. The SMILES string of the molecule is O=C(c1cc2cc(F)ccc2o1)c1nccs1. The Hall–Kier alpha value is -2.01. The van der Waals surface area contributed by atoms with E-state index in [1.54, 1.807) is 11.6 Å². The van der Waals surface area contributed by atoms with Crippen LogP contribution in [0.25, 0.3) is 11.0 Å². The van der Waals surface area contributed by atoms with E-state index in [0.717, 1.165) is 0 Å². The number of fused-ring (bicyclic) bond motifs is 1. The second-order valence-corrected chi connectivity index (χ2v) is 4.35. The van der Waals surface area contributed by atoms with Crippen LogP contribution in [-0.2, 0) is 0 Å². The van der Waals surface area contributed by atoms with E-state index in [-0.39, 0.29) is 17.4 Å². The number of aromatic nitrogens is 1. The molecule has 84 valence electrons. The Morgan fingerprint density at radius 1 is 1.35 bits per heavy atom. The monoisotopic (exact) mass is 247 g/mol. The van der Waals surface area contributed by atoms with Gasteiger partial charge in [-0.15, -0.1) is 11.3 Å². The maximum Gasteiger partial charge on any atom is 0.256 e. The Balaban J connectivity index is 2.09. The number of halogens is 1. The molecule has 2 heterocycles. The zero-order valence-electron chi connectivity index (χ0n) is 8.51. The van der Waals surface area contributed by atoms with E-state index in [2.05, 4.69) is 4.98 Å². The number of rotatable bonds is 2. The van der Waals surface area contributed by atoms with Crippen LogP contribution in [-0.4, -0.2) is 10.8 Å². The van der Waals surface area contributed by atoms with Crippen molar-refractivity contribution in [3.8, 4) is 0 Å². The summed E-state index contributed by atoms with van der Waals surface area (Å²) in [5.41, 5.74) is 0.492. The molecular weight excluding hydrogens is 241 g/mol. The van der Waals surface area contributed by atoms with Crippen molar-refractivity contribution >= 4 is 28.1 Å². The number of benzene rings is 1. The first-order chi connectivity index (χ1) is 8.24. The molecule has 0 saturated heterocycles. The van der Waals surface area contributed by atoms with Crippen LogP contribution in [0.1, 0.15) is 15.6 Å². The van der Waals surface area contributed by atoms with Gasteiger partial charge in [-0.05, 0) is 24.3 Å². The molecule has 2 aromatic heterocycles. The zero-order chi connectivity index (χ0) is 11.8. The van der Waals surface area contributed by atoms with Crippen molar-refractivity contribution in [3.63, 3.8) is 0 Å². The molecule has 0 radical (unpaired) electrons. The molecule has 0 amide bonds. The predicted molar refractivity (Wildman–Crippen MR) is 61.7 cm³/mol. The number of hydrogen-bond donors (Lipinski definition) is 0. The van der Waals surface area contributed by atoms with Gasteiger partial charge in [0.2, 0.25) is 0 Å². The minimum atomic E-state index is -0.355. The molecule has 0 N–H and O–H groups in total. The van der Waals surface area contributed by atoms with Gasteiger partial charge in [0.05, 0.1) is 0 Å². The van der Waals surface area contributed by atoms with Crippen molar-refractivity contribution in [1.82, 2.24) is 4.98 Å². The lowest BCUT2D eigenvalue weighted by Gasteiger charge is -1.89. The third-order valence-corrected chi connectivity index (χ3v) is 3.10. The Bertz CT molecular complexity index is 688. The molecule has 1 aromatic carbocycles. The van der Waals surface area contributed by atoms with Crippen LogP contribution in [0.3, 0.4) is 0 Å². The van der Waals surface area contributed by atoms with Crippen LogP contribution in [0.2, 0.25) is 0 Å². The molecule has 0 atom stereocenters. The van der Waals surface area contributed by atoms with Crippen molar-refractivity contribution in [3.05, 3.63) is 52.4 Å². The lowest BCUT2D eigenvalue weighted by molar-refractivity contribution is 0.101. The normalized spacial score (nSPS) is 10.9. The lowest BCUT2D eigenvalue weighted by Crippen LogP contribution is -1.97. The number of ketones is 1. The maximum atomic E-state index is 13.0. The second kappa shape index (κ2) is 3.78. The molecule has 3 nitrogen and oxygen atoms in total. The Labute approximate surface area is 99.5 Å². The predicted octanol–water partition coefficient (Wildman–Crippen LogP) is 3.26. The molecule has 5 heteroatoms. The summed E-state index contributed by atoms with van der Waals surface area (Å²) < 4.78 is 18.3. The number of nitrogens with zero attached hydrogens (tertiary/aromatic N) is 1. The highest BCUT2D eigenvalue weighted by Crippen LogP contribution is 2.22. The second-order valence-electron chi connectivity index (χ2n) is 3.46. The molecule has 0 aliphatic rings. The number of thiazole rings is 1. The summed E-state index contributed by atoms with van der Waals surface area (Å²) in [7, 11) is 0. The first-order valence-corrected chi connectivity index (χ1v) is 5.75. The first-order valence-electron chi connectivity index (χ1n) is 4.87. The Morgan fingerprint density at radius 3 is 3.00 bits per heavy atom. The molecule has 3 aromatic rings. The van der Waals surface area contributed by atoms with Gasteiger partial charge in [-0.3, -0.25) is 4.79 Å². The zero-order valence-corrected chi connectivity index (χ0v) is 9.33. The van der Waals surface area contributed by atoms with E-state index in [4.69, 9.17) is 4.42 Å². The van der Waals surface area contributed by atoms with E-state index in [0.29, 0.717) is 16.0 Å². The van der Waals surface area contributed by atoms with Crippen LogP contribution in [0.5, 0.6) is 0 Å². The van der Waals surface area contributed by atoms with E-state index in [9.17, 15) is 9.18 Å². The number of furan rings is 1. The van der Waals surface area contributed by atoms with Crippen LogP contribution >= 0.6 is 11.3 Å². The van der Waals surface area contributed by atoms with Crippen molar-refractivity contribution in [2.45, 2.75) is 0 Å². The Morgan fingerprint density at radius 2 is 2.24 bits per heavy atom. The fraction of sp³-hybridized carbons (Fsp3) is 0. The lowest BCUT2D eigenvalue weighted by atomic mass is 10.2. The van der Waals surface area contributed by atoms with Gasteiger partial charge in [-0.25, -0.2) is 9.37 Å². The van der Waals surface area contributed by atoms with E-state index < -0.39 is 0 Å². The molecule has 0 saturated carbocycles. The van der Waals surface area contributed by atoms with Crippen molar-refractivity contribution in [2.75, 3.05) is 0 Å². The fourth-order valence-corrected chi connectivity index (χ4v) is 2.15. The van der Waals surface area contributed by atoms with Gasteiger partial charge in [0.15, 0.2) is 10.8 Å². The molecule has 17 heavy (non-hydrogen) atoms.